The van der Waals surface area contributed by atoms with Crippen LogP contribution in [0.5, 0.6) is 5.75 Å². The Morgan fingerprint density at radius 2 is 2.13 bits per heavy atom. The average Bonchev–Trinajstić information content (AvgIpc) is 3.01. The Bertz CT molecular complexity index is 654. The lowest BCUT2D eigenvalue weighted by atomic mass is 10.1. The van der Waals surface area contributed by atoms with Crippen molar-refractivity contribution >= 4 is 40.3 Å². The van der Waals surface area contributed by atoms with Crippen molar-refractivity contribution < 1.29 is 9.53 Å². The summed E-state index contributed by atoms with van der Waals surface area (Å²) >= 11 is 6.55. The highest BCUT2D eigenvalue weighted by Crippen LogP contribution is 2.18. The highest BCUT2D eigenvalue weighted by molar-refractivity contribution is 7.80. The number of amides is 1. The van der Waals surface area contributed by atoms with E-state index in [9.17, 15) is 4.79 Å². The second-order valence-electron chi connectivity index (χ2n) is 5.44. The molecule has 2 N–H and O–H groups in total. The first-order valence-electron chi connectivity index (χ1n) is 7.43. The lowest BCUT2D eigenvalue weighted by Crippen LogP contribution is -2.33. The lowest BCUT2D eigenvalue weighted by Gasteiger charge is -2.11. The Hall–Kier alpha value is -1.92. The fourth-order valence-electron chi connectivity index (χ4n) is 1.81. The van der Waals surface area contributed by atoms with Crippen LogP contribution in [0.1, 0.15) is 29.9 Å². The second-order valence-corrected chi connectivity index (χ2v) is 6.80. The third kappa shape index (κ3) is 6.00. The van der Waals surface area contributed by atoms with Gasteiger partial charge in [0.25, 0.3) is 5.91 Å². The van der Waals surface area contributed by atoms with Gasteiger partial charge in [-0.1, -0.05) is 26.0 Å². The number of ether oxygens (including phenoxy) is 1. The summed E-state index contributed by atoms with van der Waals surface area (Å²) < 4.78 is 5.71. The quantitative estimate of drug-likeness (QED) is 0.764. The first-order chi connectivity index (χ1) is 11.0. The molecule has 122 valence electrons. The summed E-state index contributed by atoms with van der Waals surface area (Å²) in [6, 6.07) is 11.1. The molecule has 0 saturated heterocycles. The van der Waals surface area contributed by atoms with Crippen molar-refractivity contribution in [3.63, 3.8) is 0 Å². The molecule has 0 aliphatic heterocycles. The summed E-state index contributed by atoms with van der Waals surface area (Å²) in [5.74, 6) is 1.18. The summed E-state index contributed by atoms with van der Waals surface area (Å²) in [7, 11) is 0. The van der Waals surface area contributed by atoms with Gasteiger partial charge in [-0.15, -0.1) is 11.3 Å². The monoisotopic (exact) mass is 348 g/mol. The Balaban J connectivity index is 1.87. The van der Waals surface area contributed by atoms with Gasteiger partial charge in [-0.05, 0) is 48.1 Å². The number of hydrogen-bond acceptors (Lipinski definition) is 4. The minimum atomic E-state index is -0.207. The average molecular weight is 348 g/mol. The van der Waals surface area contributed by atoms with Gasteiger partial charge in [0.15, 0.2) is 5.11 Å². The smallest absolute Gasteiger partial charge is 0.267 e. The molecule has 1 aromatic carbocycles. The molecule has 0 radical (unpaired) electrons. The first-order valence-corrected chi connectivity index (χ1v) is 8.72. The van der Waals surface area contributed by atoms with E-state index in [0.717, 1.165) is 17.9 Å². The van der Waals surface area contributed by atoms with Gasteiger partial charge in [0, 0.05) is 11.8 Å². The summed E-state index contributed by atoms with van der Waals surface area (Å²) in [4.78, 5) is 12.6. The molecule has 0 atom stereocenters. The third-order valence-electron chi connectivity index (χ3n) is 3.03. The van der Waals surface area contributed by atoms with E-state index < -0.39 is 0 Å². The Morgan fingerprint density at radius 1 is 1.30 bits per heavy atom. The fraction of sp³-hybridized carbons (Fsp3) is 0.294. The van der Waals surface area contributed by atoms with Gasteiger partial charge < -0.3 is 10.1 Å². The van der Waals surface area contributed by atoms with Crippen LogP contribution in [0.2, 0.25) is 0 Å². The highest BCUT2D eigenvalue weighted by Gasteiger charge is 2.08. The number of thiophene rings is 1. The zero-order valence-corrected chi connectivity index (χ0v) is 14.8. The minimum Gasteiger partial charge on any atom is -0.494 e. The van der Waals surface area contributed by atoms with E-state index in [0.29, 0.717) is 17.4 Å². The third-order valence-corrected chi connectivity index (χ3v) is 4.10. The van der Waals surface area contributed by atoms with E-state index in [2.05, 4.69) is 24.5 Å². The molecule has 23 heavy (non-hydrogen) atoms. The Kier molecular flexibility index (Phi) is 6.55. The fourth-order valence-corrected chi connectivity index (χ4v) is 2.64. The molecule has 4 nitrogen and oxygen atoms in total. The molecule has 0 unspecified atom stereocenters. The highest BCUT2D eigenvalue weighted by atomic mass is 32.1. The predicted octanol–water partition coefficient (Wildman–Crippen LogP) is 4.30. The summed E-state index contributed by atoms with van der Waals surface area (Å²) in [5.41, 5.74) is 0.781. The molecule has 2 rings (SSSR count). The van der Waals surface area contributed by atoms with E-state index in [1.807, 2.05) is 35.7 Å². The maximum Gasteiger partial charge on any atom is 0.267 e. The van der Waals surface area contributed by atoms with E-state index in [1.165, 1.54) is 11.3 Å². The van der Waals surface area contributed by atoms with Crippen LogP contribution in [0.15, 0.2) is 41.8 Å². The molecule has 0 fully saturated rings. The molecule has 1 heterocycles. The molecule has 0 spiro atoms. The molecule has 1 amide bonds. The van der Waals surface area contributed by atoms with Crippen molar-refractivity contribution in [1.82, 2.24) is 5.32 Å². The molecule has 0 aliphatic carbocycles. The number of carbonyl (C=O) groups is 1. The van der Waals surface area contributed by atoms with Crippen molar-refractivity contribution in [2.75, 3.05) is 11.9 Å². The largest absolute Gasteiger partial charge is 0.494 e. The zero-order valence-electron chi connectivity index (χ0n) is 13.2. The zero-order chi connectivity index (χ0) is 16.7. The van der Waals surface area contributed by atoms with Crippen LogP contribution >= 0.6 is 23.6 Å². The topological polar surface area (TPSA) is 50.4 Å². The normalized spacial score (nSPS) is 10.4. The molecule has 0 saturated carbocycles. The second kappa shape index (κ2) is 8.64. The number of thiocarbonyl (C=S) groups is 1. The van der Waals surface area contributed by atoms with Gasteiger partial charge in [0.1, 0.15) is 5.75 Å². The molecule has 2 aromatic rings. The number of hydrogen-bond donors (Lipinski definition) is 2. The Labute approximate surface area is 145 Å². The molecule has 0 bridgehead atoms. The molecular weight excluding hydrogens is 328 g/mol. The summed E-state index contributed by atoms with van der Waals surface area (Å²) in [6.45, 7) is 5.01. The summed E-state index contributed by atoms with van der Waals surface area (Å²) in [6.07, 6.45) is 1.01. The maximum atomic E-state index is 11.9. The van der Waals surface area contributed by atoms with E-state index in [1.54, 1.807) is 6.07 Å². The van der Waals surface area contributed by atoms with E-state index >= 15 is 0 Å². The number of benzene rings is 1. The number of nitrogens with one attached hydrogen (secondary N) is 2. The maximum absolute atomic E-state index is 11.9. The van der Waals surface area contributed by atoms with Crippen LogP contribution in [-0.2, 0) is 0 Å². The van der Waals surface area contributed by atoms with Gasteiger partial charge in [-0.2, -0.15) is 0 Å². The lowest BCUT2D eigenvalue weighted by molar-refractivity contribution is 0.0981. The van der Waals surface area contributed by atoms with E-state index in [4.69, 9.17) is 17.0 Å². The van der Waals surface area contributed by atoms with Gasteiger partial charge >= 0.3 is 0 Å². The van der Waals surface area contributed by atoms with Gasteiger partial charge in [0.2, 0.25) is 0 Å². The first kappa shape index (κ1) is 17.4. The van der Waals surface area contributed by atoms with Crippen LogP contribution in [-0.4, -0.2) is 17.6 Å². The minimum absolute atomic E-state index is 0.207. The van der Waals surface area contributed by atoms with Crippen molar-refractivity contribution in [2.45, 2.75) is 20.3 Å². The molecule has 1 aromatic heterocycles. The van der Waals surface area contributed by atoms with Crippen molar-refractivity contribution in [3.05, 3.63) is 46.7 Å². The van der Waals surface area contributed by atoms with Crippen molar-refractivity contribution in [3.8, 4) is 5.75 Å². The van der Waals surface area contributed by atoms with Crippen molar-refractivity contribution in [1.29, 1.82) is 0 Å². The van der Waals surface area contributed by atoms with Crippen LogP contribution in [0, 0.1) is 5.92 Å². The van der Waals surface area contributed by atoms with Crippen LogP contribution in [0.4, 0.5) is 5.69 Å². The van der Waals surface area contributed by atoms with Gasteiger partial charge in [-0.3, -0.25) is 10.1 Å². The number of rotatable bonds is 6. The standard InChI is InChI=1S/C17H20N2O2S2/c1-12(2)8-9-21-14-6-3-5-13(11-14)18-17(22)19-16(20)15-7-4-10-23-15/h3-7,10-12H,8-9H2,1-2H3,(H2,18,19,20,22). The van der Waals surface area contributed by atoms with Crippen LogP contribution in [0.3, 0.4) is 0 Å². The molecule has 6 heteroatoms. The Morgan fingerprint density at radius 3 is 2.83 bits per heavy atom. The van der Waals surface area contributed by atoms with Crippen molar-refractivity contribution in [2.24, 2.45) is 5.92 Å². The number of carbonyl (C=O) groups excluding carboxylic acids is 1. The predicted molar refractivity (Wildman–Crippen MR) is 99.4 cm³/mol. The van der Waals surface area contributed by atoms with E-state index in [-0.39, 0.29) is 11.0 Å². The molecular formula is C17H20N2O2S2. The van der Waals surface area contributed by atoms with Gasteiger partial charge in [-0.25, -0.2) is 0 Å². The number of anilines is 1. The van der Waals surface area contributed by atoms with Crippen LogP contribution in [0.25, 0.3) is 0 Å². The summed E-state index contributed by atoms with van der Waals surface area (Å²) in [5, 5.41) is 7.77. The van der Waals surface area contributed by atoms with Crippen LogP contribution < -0.4 is 15.4 Å². The SMILES string of the molecule is CC(C)CCOc1cccc(NC(=S)NC(=O)c2cccs2)c1. The molecule has 0 aliphatic rings. The van der Waals surface area contributed by atoms with Gasteiger partial charge in [0.05, 0.1) is 11.5 Å².